The smallest absolute Gasteiger partial charge is 0.342 e. The van der Waals surface area contributed by atoms with Crippen LogP contribution in [0.25, 0.3) is 16.9 Å². The van der Waals surface area contributed by atoms with Crippen LogP contribution >= 0.6 is 0 Å². The number of rotatable bonds is 5. The standard InChI is InChI=1S/C22H19N3O3/c1-15-8-6-7-11-19(15)21-20(13-25(23-21)18-9-4-3-5-10-18)22(26)27-14-17-12-16(2)28-24-17/h3-13H,14H2,1-2H3. The van der Waals surface area contributed by atoms with Gasteiger partial charge in [0, 0.05) is 17.8 Å². The minimum Gasteiger partial charge on any atom is -0.455 e. The number of carbonyl (C=O) groups is 1. The SMILES string of the molecule is Cc1cc(COC(=O)c2cn(-c3ccccc3)nc2-c2ccccc2C)no1. The second-order valence-electron chi connectivity index (χ2n) is 6.49. The summed E-state index contributed by atoms with van der Waals surface area (Å²) in [5.74, 6) is 0.213. The van der Waals surface area contributed by atoms with E-state index in [2.05, 4.69) is 10.3 Å². The molecule has 0 unspecified atom stereocenters. The summed E-state index contributed by atoms with van der Waals surface area (Å²) < 4.78 is 12.2. The van der Waals surface area contributed by atoms with Gasteiger partial charge in [0.2, 0.25) is 0 Å². The zero-order valence-electron chi connectivity index (χ0n) is 15.6. The zero-order valence-corrected chi connectivity index (χ0v) is 15.6. The third-order valence-corrected chi connectivity index (χ3v) is 4.38. The zero-order chi connectivity index (χ0) is 19.5. The number of hydrogen-bond acceptors (Lipinski definition) is 5. The number of esters is 1. The summed E-state index contributed by atoms with van der Waals surface area (Å²) in [6.45, 7) is 3.82. The van der Waals surface area contributed by atoms with E-state index in [1.54, 1.807) is 23.9 Å². The Bertz CT molecular complexity index is 1110. The summed E-state index contributed by atoms with van der Waals surface area (Å²) in [7, 11) is 0. The molecule has 4 aromatic rings. The summed E-state index contributed by atoms with van der Waals surface area (Å²) in [5.41, 5.74) is 4.34. The highest BCUT2D eigenvalue weighted by molar-refractivity contribution is 5.96. The van der Waals surface area contributed by atoms with Gasteiger partial charge >= 0.3 is 5.97 Å². The Morgan fingerprint density at radius 1 is 1.07 bits per heavy atom. The summed E-state index contributed by atoms with van der Waals surface area (Å²) in [6.07, 6.45) is 1.70. The fraction of sp³-hybridized carbons (Fsp3) is 0.136. The van der Waals surface area contributed by atoms with Crippen LogP contribution in [0.15, 0.2) is 71.4 Å². The lowest BCUT2D eigenvalue weighted by Crippen LogP contribution is -2.06. The van der Waals surface area contributed by atoms with Crippen molar-refractivity contribution >= 4 is 5.97 Å². The van der Waals surface area contributed by atoms with Gasteiger partial charge in [-0.2, -0.15) is 5.10 Å². The van der Waals surface area contributed by atoms with Crippen LogP contribution in [0.2, 0.25) is 0 Å². The van der Waals surface area contributed by atoms with E-state index in [0.29, 0.717) is 22.7 Å². The van der Waals surface area contributed by atoms with Gasteiger partial charge in [-0.15, -0.1) is 0 Å². The Balaban J connectivity index is 1.71. The molecular weight excluding hydrogens is 354 g/mol. The number of benzene rings is 2. The third kappa shape index (κ3) is 3.57. The normalized spacial score (nSPS) is 10.8. The third-order valence-electron chi connectivity index (χ3n) is 4.38. The molecule has 2 aromatic carbocycles. The number of hydrogen-bond donors (Lipinski definition) is 0. The van der Waals surface area contributed by atoms with Crippen molar-refractivity contribution in [3.63, 3.8) is 0 Å². The van der Waals surface area contributed by atoms with E-state index in [1.165, 1.54) is 0 Å². The second kappa shape index (κ2) is 7.52. The lowest BCUT2D eigenvalue weighted by atomic mass is 10.0. The molecule has 0 aliphatic rings. The molecule has 0 N–H and O–H groups in total. The Hall–Kier alpha value is -3.67. The molecule has 4 rings (SSSR count). The molecule has 0 atom stereocenters. The number of aryl methyl sites for hydroxylation is 2. The predicted octanol–water partition coefficient (Wildman–Crippen LogP) is 4.50. The van der Waals surface area contributed by atoms with Gasteiger partial charge in [-0.3, -0.25) is 0 Å². The van der Waals surface area contributed by atoms with Crippen LogP contribution in [0.3, 0.4) is 0 Å². The number of carbonyl (C=O) groups excluding carboxylic acids is 1. The fourth-order valence-corrected chi connectivity index (χ4v) is 2.98. The lowest BCUT2D eigenvalue weighted by molar-refractivity contribution is 0.0465. The number of aromatic nitrogens is 3. The van der Waals surface area contributed by atoms with Crippen LogP contribution in [-0.4, -0.2) is 20.9 Å². The largest absolute Gasteiger partial charge is 0.455 e. The maximum absolute atomic E-state index is 12.8. The first kappa shape index (κ1) is 17.7. The minimum atomic E-state index is -0.457. The summed E-state index contributed by atoms with van der Waals surface area (Å²) in [4.78, 5) is 12.8. The lowest BCUT2D eigenvalue weighted by Gasteiger charge is -2.05. The van der Waals surface area contributed by atoms with E-state index in [1.807, 2.05) is 61.5 Å². The molecule has 140 valence electrons. The van der Waals surface area contributed by atoms with Crippen LogP contribution in [0.5, 0.6) is 0 Å². The highest BCUT2D eigenvalue weighted by atomic mass is 16.5. The van der Waals surface area contributed by atoms with Crippen LogP contribution in [0.4, 0.5) is 0 Å². The monoisotopic (exact) mass is 373 g/mol. The van der Waals surface area contributed by atoms with Gasteiger partial charge in [-0.25, -0.2) is 9.48 Å². The van der Waals surface area contributed by atoms with E-state index < -0.39 is 5.97 Å². The van der Waals surface area contributed by atoms with E-state index in [9.17, 15) is 4.79 Å². The van der Waals surface area contributed by atoms with Crippen LogP contribution in [0, 0.1) is 13.8 Å². The molecule has 2 aromatic heterocycles. The van der Waals surface area contributed by atoms with Crippen LogP contribution in [-0.2, 0) is 11.3 Å². The molecule has 0 saturated heterocycles. The Labute approximate surface area is 162 Å². The highest BCUT2D eigenvalue weighted by Gasteiger charge is 2.21. The van der Waals surface area contributed by atoms with E-state index in [-0.39, 0.29) is 6.61 Å². The molecule has 6 heteroatoms. The number of nitrogens with zero attached hydrogens (tertiary/aromatic N) is 3. The van der Waals surface area contributed by atoms with Gasteiger partial charge in [-0.05, 0) is 31.5 Å². The van der Waals surface area contributed by atoms with Crippen molar-refractivity contribution in [1.82, 2.24) is 14.9 Å². The first-order chi connectivity index (χ1) is 13.6. The Morgan fingerprint density at radius 2 is 1.82 bits per heavy atom. The van der Waals surface area contributed by atoms with Gasteiger partial charge in [0.1, 0.15) is 29.3 Å². The molecule has 0 fully saturated rings. The summed E-state index contributed by atoms with van der Waals surface area (Å²) >= 11 is 0. The average Bonchev–Trinajstić information content (AvgIpc) is 3.34. The quantitative estimate of drug-likeness (QED) is 0.482. The van der Waals surface area contributed by atoms with Crippen LogP contribution < -0.4 is 0 Å². The molecule has 0 radical (unpaired) electrons. The molecule has 0 spiro atoms. The van der Waals surface area contributed by atoms with Crippen LogP contribution in [0.1, 0.15) is 27.4 Å². The molecule has 6 nitrogen and oxygen atoms in total. The Kier molecular flexibility index (Phi) is 4.76. The maximum Gasteiger partial charge on any atom is 0.342 e. The van der Waals surface area contributed by atoms with Crippen molar-refractivity contribution in [2.75, 3.05) is 0 Å². The van der Waals surface area contributed by atoms with Crippen molar-refractivity contribution in [2.45, 2.75) is 20.5 Å². The molecule has 0 bridgehead atoms. The van der Waals surface area contributed by atoms with E-state index in [4.69, 9.17) is 9.26 Å². The van der Waals surface area contributed by atoms with Crippen molar-refractivity contribution in [3.05, 3.63) is 89.4 Å². The van der Waals surface area contributed by atoms with E-state index >= 15 is 0 Å². The topological polar surface area (TPSA) is 70.2 Å². The molecule has 0 aliphatic heterocycles. The Morgan fingerprint density at radius 3 is 2.54 bits per heavy atom. The fourth-order valence-electron chi connectivity index (χ4n) is 2.98. The van der Waals surface area contributed by atoms with E-state index in [0.717, 1.165) is 16.8 Å². The minimum absolute atomic E-state index is 0.0416. The molecule has 0 amide bonds. The first-order valence-electron chi connectivity index (χ1n) is 8.92. The molecule has 2 heterocycles. The first-order valence-corrected chi connectivity index (χ1v) is 8.92. The van der Waals surface area contributed by atoms with Crippen molar-refractivity contribution < 1.29 is 14.1 Å². The molecule has 0 aliphatic carbocycles. The molecular formula is C22H19N3O3. The van der Waals surface area contributed by atoms with Crippen molar-refractivity contribution in [2.24, 2.45) is 0 Å². The second-order valence-corrected chi connectivity index (χ2v) is 6.49. The predicted molar refractivity (Wildman–Crippen MR) is 104 cm³/mol. The van der Waals surface area contributed by atoms with Gasteiger partial charge in [-0.1, -0.05) is 47.6 Å². The van der Waals surface area contributed by atoms with Gasteiger partial charge in [0.15, 0.2) is 0 Å². The molecule has 28 heavy (non-hydrogen) atoms. The van der Waals surface area contributed by atoms with Crippen molar-refractivity contribution in [3.8, 4) is 16.9 Å². The van der Waals surface area contributed by atoms with Crippen molar-refractivity contribution in [1.29, 1.82) is 0 Å². The van der Waals surface area contributed by atoms with Gasteiger partial charge < -0.3 is 9.26 Å². The maximum atomic E-state index is 12.8. The highest BCUT2D eigenvalue weighted by Crippen LogP contribution is 2.27. The number of ether oxygens (including phenoxy) is 1. The molecule has 0 saturated carbocycles. The number of para-hydroxylation sites is 1. The summed E-state index contributed by atoms with van der Waals surface area (Å²) in [5, 5.41) is 8.53. The average molecular weight is 373 g/mol. The van der Waals surface area contributed by atoms with Gasteiger partial charge in [0.25, 0.3) is 0 Å². The summed E-state index contributed by atoms with van der Waals surface area (Å²) in [6, 6.07) is 19.2. The van der Waals surface area contributed by atoms with Gasteiger partial charge in [0.05, 0.1) is 5.69 Å².